The Morgan fingerprint density at radius 2 is 1.68 bits per heavy atom. The van der Waals surface area contributed by atoms with Gasteiger partial charge in [-0.2, -0.15) is 0 Å². The van der Waals surface area contributed by atoms with Crippen molar-refractivity contribution in [2.24, 2.45) is 0 Å². The zero-order chi connectivity index (χ0) is 18.2. The molecule has 0 aromatic heterocycles. The average Bonchev–Trinajstić information content (AvgIpc) is 2.62. The molecule has 0 saturated carbocycles. The summed E-state index contributed by atoms with van der Waals surface area (Å²) in [4.78, 5) is 14.5. The van der Waals surface area contributed by atoms with Gasteiger partial charge in [0, 0.05) is 13.0 Å². The van der Waals surface area contributed by atoms with Gasteiger partial charge in [-0.1, -0.05) is 49.4 Å². The van der Waals surface area contributed by atoms with Gasteiger partial charge in [0.1, 0.15) is 5.75 Å². The summed E-state index contributed by atoms with van der Waals surface area (Å²) in [6.07, 6.45) is 0.473. The SMILES string of the molecule is COc1ccc(C(C)CC(=O)NCC(c2ccccc2)N(C)C)cc1. The van der Waals surface area contributed by atoms with Crippen LogP contribution in [0.1, 0.15) is 36.4 Å². The maximum absolute atomic E-state index is 12.4. The van der Waals surface area contributed by atoms with Crippen molar-refractivity contribution in [3.8, 4) is 5.75 Å². The van der Waals surface area contributed by atoms with Gasteiger partial charge in [-0.05, 0) is 43.3 Å². The maximum atomic E-state index is 12.4. The Labute approximate surface area is 150 Å². The summed E-state index contributed by atoms with van der Waals surface area (Å²) in [5.41, 5.74) is 2.35. The van der Waals surface area contributed by atoms with Gasteiger partial charge in [-0.15, -0.1) is 0 Å². The largest absolute Gasteiger partial charge is 0.497 e. The van der Waals surface area contributed by atoms with Gasteiger partial charge < -0.3 is 15.0 Å². The lowest BCUT2D eigenvalue weighted by molar-refractivity contribution is -0.121. The van der Waals surface area contributed by atoms with Crippen molar-refractivity contribution in [3.63, 3.8) is 0 Å². The van der Waals surface area contributed by atoms with Gasteiger partial charge in [-0.25, -0.2) is 0 Å². The molecule has 0 bridgehead atoms. The molecule has 2 aromatic carbocycles. The number of hydrogen-bond acceptors (Lipinski definition) is 3. The second kappa shape index (κ2) is 9.23. The van der Waals surface area contributed by atoms with Gasteiger partial charge in [0.15, 0.2) is 0 Å². The predicted octanol–water partition coefficient (Wildman–Crippen LogP) is 3.61. The molecule has 0 heterocycles. The van der Waals surface area contributed by atoms with E-state index >= 15 is 0 Å². The van der Waals surface area contributed by atoms with Crippen molar-refractivity contribution in [1.82, 2.24) is 10.2 Å². The smallest absolute Gasteiger partial charge is 0.220 e. The van der Waals surface area contributed by atoms with Crippen LogP contribution in [-0.2, 0) is 4.79 Å². The highest BCUT2D eigenvalue weighted by atomic mass is 16.5. The van der Waals surface area contributed by atoms with Crippen LogP contribution in [0, 0.1) is 0 Å². The molecule has 2 rings (SSSR count). The molecule has 0 radical (unpaired) electrons. The van der Waals surface area contributed by atoms with E-state index in [0.717, 1.165) is 11.3 Å². The molecule has 0 aliphatic carbocycles. The van der Waals surface area contributed by atoms with Crippen LogP contribution in [0.2, 0.25) is 0 Å². The molecular formula is C21H28N2O2. The van der Waals surface area contributed by atoms with Gasteiger partial charge in [0.05, 0.1) is 13.2 Å². The first-order chi connectivity index (χ1) is 12.0. The second-order valence-corrected chi connectivity index (χ2v) is 6.57. The first kappa shape index (κ1) is 19.0. The van der Waals surface area contributed by atoms with Crippen LogP contribution in [-0.4, -0.2) is 38.6 Å². The Hall–Kier alpha value is -2.33. The van der Waals surface area contributed by atoms with Crippen LogP contribution >= 0.6 is 0 Å². The lowest BCUT2D eigenvalue weighted by atomic mass is 9.97. The fourth-order valence-corrected chi connectivity index (χ4v) is 2.88. The van der Waals surface area contributed by atoms with Crippen molar-refractivity contribution in [2.75, 3.05) is 27.7 Å². The summed E-state index contributed by atoms with van der Waals surface area (Å²) in [6, 6.07) is 18.3. The highest BCUT2D eigenvalue weighted by Crippen LogP contribution is 2.22. The molecular weight excluding hydrogens is 312 g/mol. The molecule has 2 aromatic rings. The molecule has 1 N–H and O–H groups in total. The third kappa shape index (κ3) is 5.61. The average molecular weight is 340 g/mol. The van der Waals surface area contributed by atoms with Crippen molar-refractivity contribution >= 4 is 5.91 Å². The third-order valence-corrected chi connectivity index (χ3v) is 4.48. The van der Waals surface area contributed by atoms with Crippen molar-refractivity contribution < 1.29 is 9.53 Å². The van der Waals surface area contributed by atoms with Gasteiger partial charge >= 0.3 is 0 Å². The Balaban J connectivity index is 1.90. The second-order valence-electron chi connectivity index (χ2n) is 6.57. The third-order valence-electron chi connectivity index (χ3n) is 4.48. The lowest BCUT2D eigenvalue weighted by Crippen LogP contribution is -2.34. The molecule has 0 aliphatic rings. The van der Waals surface area contributed by atoms with Crippen molar-refractivity contribution in [3.05, 3.63) is 65.7 Å². The molecule has 4 heteroatoms. The molecule has 25 heavy (non-hydrogen) atoms. The van der Waals surface area contributed by atoms with E-state index in [1.54, 1.807) is 7.11 Å². The number of hydrogen-bond donors (Lipinski definition) is 1. The number of amides is 1. The number of benzene rings is 2. The summed E-state index contributed by atoms with van der Waals surface area (Å²) in [7, 11) is 5.72. The quantitative estimate of drug-likeness (QED) is 0.798. The first-order valence-electron chi connectivity index (χ1n) is 8.63. The Kier molecular flexibility index (Phi) is 7.02. The van der Waals surface area contributed by atoms with Crippen molar-refractivity contribution in [1.29, 1.82) is 0 Å². The van der Waals surface area contributed by atoms with Crippen LogP contribution in [0.5, 0.6) is 5.75 Å². The van der Waals surface area contributed by atoms with Crippen LogP contribution < -0.4 is 10.1 Å². The normalized spacial score (nSPS) is 13.3. The van der Waals surface area contributed by atoms with E-state index in [1.165, 1.54) is 5.56 Å². The highest BCUT2D eigenvalue weighted by Gasteiger charge is 2.16. The minimum absolute atomic E-state index is 0.0751. The number of carbonyl (C=O) groups excluding carboxylic acids is 1. The van der Waals surface area contributed by atoms with E-state index in [2.05, 4.69) is 29.3 Å². The predicted molar refractivity (Wildman–Crippen MR) is 102 cm³/mol. The zero-order valence-corrected chi connectivity index (χ0v) is 15.5. The number of carbonyl (C=O) groups is 1. The van der Waals surface area contributed by atoms with E-state index in [0.29, 0.717) is 13.0 Å². The molecule has 4 nitrogen and oxygen atoms in total. The van der Waals surface area contributed by atoms with E-state index in [4.69, 9.17) is 4.74 Å². The summed E-state index contributed by atoms with van der Waals surface area (Å²) in [6.45, 7) is 2.67. The fourth-order valence-electron chi connectivity index (χ4n) is 2.88. The maximum Gasteiger partial charge on any atom is 0.220 e. The molecule has 2 unspecified atom stereocenters. The molecule has 134 valence electrons. The number of ether oxygens (including phenoxy) is 1. The highest BCUT2D eigenvalue weighted by molar-refractivity contribution is 5.76. The molecule has 0 saturated heterocycles. The minimum atomic E-state index is 0.0751. The van der Waals surface area contributed by atoms with E-state index in [-0.39, 0.29) is 17.9 Å². The standard InChI is InChI=1S/C21H28N2O2/c1-16(17-10-12-19(25-4)13-11-17)14-21(24)22-15-20(23(2)3)18-8-6-5-7-9-18/h5-13,16,20H,14-15H2,1-4H3,(H,22,24). The molecule has 2 atom stereocenters. The van der Waals surface area contributed by atoms with Crippen LogP contribution in [0.15, 0.2) is 54.6 Å². The summed E-state index contributed by atoms with van der Waals surface area (Å²) >= 11 is 0. The minimum Gasteiger partial charge on any atom is -0.497 e. The first-order valence-corrected chi connectivity index (χ1v) is 8.63. The summed E-state index contributed by atoms with van der Waals surface area (Å²) in [5.74, 6) is 1.07. The zero-order valence-electron chi connectivity index (χ0n) is 15.5. The van der Waals surface area contributed by atoms with Crippen LogP contribution in [0.4, 0.5) is 0 Å². The monoisotopic (exact) mass is 340 g/mol. The Bertz CT molecular complexity index is 653. The van der Waals surface area contributed by atoms with Gasteiger partial charge in [0.2, 0.25) is 5.91 Å². The molecule has 0 aliphatic heterocycles. The summed E-state index contributed by atoms with van der Waals surface area (Å²) in [5, 5.41) is 3.08. The fraction of sp³-hybridized carbons (Fsp3) is 0.381. The van der Waals surface area contributed by atoms with Crippen LogP contribution in [0.3, 0.4) is 0 Å². The number of nitrogens with one attached hydrogen (secondary N) is 1. The van der Waals surface area contributed by atoms with Crippen molar-refractivity contribution in [2.45, 2.75) is 25.3 Å². The van der Waals surface area contributed by atoms with Gasteiger partial charge in [-0.3, -0.25) is 4.79 Å². The number of likely N-dealkylation sites (N-methyl/N-ethyl adjacent to an activating group) is 1. The molecule has 0 spiro atoms. The Morgan fingerprint density at radius 3 is 2.24 bits per heavy atom. The van der Waals surface area contributed by atoms with Gasteiger partial charge in [0.25, 0.3) is 0 Å². The topological polar surface area (TPSA) is 41.6 Å². The summed E-state index contributed by atoms with van der Waals surface area (Å²) < 4.78 is 5.18. The number of methoxy groups -OCH3 is 1. The Morgan fingerprint density at radius 1 is 1.04 bits per heavy atom. The van der Waals surface area contributed by atoms with E-state index in [9.17, 15) is 4.79 Å². The van der Waals surface area contributed by atoms with E-state index < -0.39 is 0 Å². The number of rotatable bonds is 8. The molecule has 0 fully saturated rings. The number of nitrogens with zero attached hydrogens (tertiary/aromatic N) is 1. The van der Waals surface area contributed by atoms with E-state index in [1.807, 2.05) is 56.6 Å². The van der Waals surface area contributed by atoms with Crippen LogP contribution in [0.25, 0.3) is 0 Å². The molecule has 1 amide bonds. The lowest BCUT2D eigenvalue weighted by Gasteiger charge is -2.25.